The molecule has 0 radical (unpaired) electrons. The third kappa shape index (κ3) is 3.74. The van der Waals surface area contributed by atoms with E-state index in [1.54, 1.807) is 12.1 Å². The molecule has 1 rings (SSSR count). The van der Waals surface area contributed by atoms with E-state index < -0.39 is 0 Å². The van der Waals surface area contributed by atoms with Gasteiger partial charge in [0.25, 0.3) is 0 Å². The minimum Gasteiger partial charge on any atom is -0.462 e. The molecular weight excluding hydrogens is 188 g/mol. The molecule has 0 aliphatic heterocycles. The van der Waals surface area contributed by atoms with Crippen LogP contribution in [0.25, 0.3) is 0 Å². The standard InChI is InChI=1S/C13H18O2/c1-4-10(2)9-15-13(14)12-7-5-11(3)6-8-12/h5-8,10H,4,9H2,1-3H3/t10-/m0/s1. The molecule has 0 saturated carbocycles. The molecule has 2 nitrogen and oxygen atoms in total. The summed E-state index contributed by atoms with van der Waals surface area (Å²) < 4.78 is 5.18. The summed E-state index contributed by atoms with van der Waals surface area (Å²) in [5.74, 6) is 0.203. The maximum atomic E-state index is 11.6. The number of hydrogen-bond donors (Lipinski definition) is 0. The van der Waals surface area contributed by atoms with Crippen molar-refractivity contribution in [2.75, 3.05) is 6.61 Å². The largest absolute Gasteiger partial charge is 0.462 e. The Morgan fingerprint density at radius 3 is 2.47 bits per heavy atom. The van der Waals surface area contributed by atoms with Gasteiger partial charge < -0.3 is 4.74 Å². The predicted molar refractivity (Wildman–Crippen MR) is 60.9 cm³/mol. The summed E-state index contributed by atoms with van der Waals surface area (Å²) in [6.07, 6.45) is 1.03. The summed E-state index contributed by atoms with van der Waals surface area (Å²) >= 11 is 0. The monoisotopic (exact) mass is 206 g/mol. The molecule has 0 saturated heterocycles. The van der Waals surface area contributed by atoms with Crippen molar-refractivity contribution in [3.63, 3.8) is 0 Å². The van der Waals surface area contributed by atoms with Gasteiger partial charge in [0.1, 0.15) is 0 Å². The van der Waals surface area contributed by atoms with Gasteiger partial charge in [-0.15, -0.1) is 0 Å². The molecule has 82 valence electrons. The summed E-state index contributed by atoms with van der Waals surface area (Å²) in [6, 6.07) is 7.43. The number of benzene rings is 1. The summed E-state index contributed by atoms with van der Waals surface area (Å²) in [7, 11) is 0. The van der Waals surface area contributed by atoms with E-state index in [1.165, 1.54) is 0 Å². The maximum absolute atomic E-state index is 11.6. The number of rotatable bonds is 4. The molecule has 0 spiro atoms. The van der Waals surface area contributed by atoms with E-state index in [0.29, 0.717) is 18.1 Å². The fourth-order valence-electron chi connectivity index (χ4n) is 1.11. The third-order valence-corrected chi connectivity index (χ3v) is 2.48. The van der Waals surface area contributed by atoms with E-state index in [-0.39, 0.29) is 5.97 Å². The van der Waals surface area contributed by atoms with Crippen LogP contribution in [0.1, 0.15) is 36.2 Å². The molecule has 0 aliphatic carbocycles. The van der Waals surface area contributed by atoms with E-state index >= 15 is 0 Å². The lowest BCUT2D eigenvalue weighted by molar-refractivity contribution is 0.0447. The van der Waals surface area contributed by atoms with Crippen LogP contribution in [-0.4, -0.2) is 12.6 Å². The van der Waals surface area contributed by atoms with E-state index in [9.17, 15) is 4.79 Å². The zero-order valence-corrected chi connectivity index (χ0v) is 9.62. The fourth-order valence-corrected chi connectivity index (χ4v) is 1.11. The highest BCUT2D eigenvalue weighted by atomic mass is 16.5. The van der Waals surface area contributed by atoms with Crippen LogP contribution in [0.2, 0.25) is 0 Å². The van der Waals surface area contributed by atoms with E-state index in [4.69, 9.17) is 4.74 Å². The average Bonchev–Trinajstić information content (AvgIpc) is 2.26. The summed E-state index contributed by atoms with van der Waals surface area (Å²) in [6.45, 7) is 6.66. The van der Waals surface area contributed by atoms with Gasteiger partial charge in [-0.1, -0.05) is 38.0 Å². The molecule has 1 aromatic rings. The number of ether oxygens (including phenoxy) is 1. The first-order valence-corrected chi connectivity index (χ1v) is 5.37. The Hall–Kier alpha value is -1.31. The van der Waals surface area contributed by atoms with Gasteiger partial charge in [0, 0.05) is 0 Å². The highest BCUT2D eigenvalue weighted by Gasteiger charge is 2.08. The zero-order valence-electron chi connectivity index (χ0n) is 9.62. The number of carbonyl (C=O) groups excluding carboxylic acids is 1. The van der Waals surface area contributed by atoms with Crippen molar-refractivity contribution in [1.82, 2.24) is 0 Å². The van der Waals surface area contributed by atoms with Gasteiger partial charge >= 0.3 is 5.97 Å². The molecule has 0 N–H and O–H groups in total. The van der Waals surface area contributed by atoms with Crippen molar-refractivity contribution in [2.45, 2.75) is 27.2 Å². The summed E-state index contributed by atoms with van der Waals surface area (Å²) in [4.78, 5) is 11.6. The van der Waals surface area contributed by atoms with Crippen LogP contribution < -0.4 is 0 Å². The van der Waals surface area contributed by atoms with Gasteiger partial charge in [0.2, 0.25) is 0 Å². The highest BCUT2D eigenvalue weighted by molar-refractivity contribution is 5.89. The Morgan fingerprint density at radius 2 is 1.93 bits per heavy atom. The van der Waals surface area contributed by atoms with Gasteiger partial charge in [0.15, 0.2) is 0 Å². The summed E-state index contributed by atoms with van der Waals surface area (Å²) in [5, 5.41) is 0. The zero-order chi connectivity index (χ0) is 11.3. The lowest BCUT2D eigenvalue weighted by Crippen LogP contribution is -2.11. The number of esters is 1. The quantitative estimate of drug-likeness (QED) is 0.707. The van der Waals surface area contributed by atoms with Crippen LogP contribution in [0.4, 0.5) is 0 Å². The SMILES string of the molecule is CC[C@H](C)COC(=O)c1ccc(C)cc1. The molecule has 1 atom stereocenters. The average molecular weight is 206 g/mol. The van der Waals surface area contributed by atoms with Crippen LogP contribution in [0.5, 0.6) is 0 Å². The topological polar surface area (TPSA) is 26.3 Å². The highest BCUT2D eigenvalue weighted by Crippen LogP contribution is 2.07. The van der Waals surface area contributed by atoms with E-state index in [0.717, 1.165) is 12.0 Å². The smallest absolute Gasteiger partial charge is 0.338 e. The fraction of sp³-hybridized carbons (Fsp3) is 0.462. The Bertz CT molecular complexity index is 314. The number of aryl methyl sites for hydroxylation is 1. The number of carbonyl (C=O) groups is 1. The molecule has 15 heavy (non-hydrogen) atoms. The van der Waals surface area contributed by atoms with Gasteiger partial charge in [-0.25, -0.2) is 4.79 Å². The van der Waals surface area contributed by atoms with Gasteiger partial charge in [-0.2, -0.15) is 0 Å². The number of hydrogen-bond acceptors (Lipinski definition) is 2. The van der Waals surface area contributed by atoms with Crippen LogP contribution in [0.3, 0.4) is 0 Å². The minimum absolute atomic E-state index is 0.227. The first-order chi connectivity index (χ1) is 7.13. The van der Waals surface area contributed by atoms with E-state index in [1.807, 2.05) is 19.1 Å². The van der Waals surface area contributed by atoms with Crippen LogP contribution >= 0.6 is 0 Å². The van der Waals surface area contributed by atoms with Crippen LogP contribution in [0, 0.1) is 12.8 Å². The van der Waals surface area contributed by atoms with Crippen molar-refractivity contribution < 1.29 is 9.53 Å². The lowest BCUT2D eigenvalue weighted by Gasteiger charge is -2.09. The van der Waals surface area contributed by atoms with Gasteiger partial charge in [-0.3, -0.25) is 0 Å². The molecule has 0 unspecified atom stereocenters. The van der Waals surface area contributed by atoms with Crippen molar-refractivity contribution in [3.05, 3.63) is 35.4 Å². The van der Waals surface area contributed by atoms with Crippen LogP contribution in [-0.2, 0) is 4.74 Å². The molecule has 0 aromatic heterocycles. The summed E-state index contributed by atoms with van der Waals surface area (Å²) in [5.41, 5.74) is 1.78. The second-order valence-corrected chi connectivity index (χ2v) is 3.98. The van der Waals surface area contributed by atoms with Crippen molar-refractivity contribution in [2.24, 2.45) is 5.92 Å². The normalized spacial score (nSPS) is 12.2. The molecule has 2 heteroatoms. The molecule has 0 heterocycles. The van der Waals surface area contributed by atoms with Gasteiger partial charge in [0.05, 0.1) is 12.2 Å². The van der Waals surface area contributed by atoms with E-state index in [2.05, 4.69) is 13.8 Å². The van der Waals surface area contributed by atoms with Crippen molar-refractivity contribution in [1.29, 1.82) is 0 Å². The minimum atomic E-state index is -0.227. The van der Waals surface area contributed by atoms with Crippen molar-refractivity contribution in [3.8, 4) is 0 Å². The van der Waals surface area contributed by atoms with Crippen LogP contribution in [0.15, 0.2) is 24.3 Å². The second-order valence-electron chi connectivity index (χ2n) is 3.98. The lowest BCUT2D eigenvalue weighted by atomic mass is 10.1. The Labute approximate surface area is 91.3 Å². The molecule has 1 aromatic carbocycles. The molecule has 0 amide bonds. The second kappa shape index (κ2) is 5.54. The third-order valence-electron chi connectivity index (χ3n) is 2.48. The molecular formula is C13H18O2. The Balaban J connectivity index is 2.50. The predicted octanol–water partition coefficient (Wildman–Crippen LogP) is 3.20. The molecule has 0 bridgehead atoms. The molecule has 0 fully saturated rings. The molecule has 0 aliphatic rings. The maximum Gasteiger partial charge on any atom is 0.338 e. The Morgan fingerprint density at radius 1 is 1.33 bits per heavy atom. The first-order valence-electron chi connectivity index (χ1n) is 5.37. The Kier molecular flexibility index (Phi) is 4.35. The van der Waals surface area contributed by atoms with Gasteiger partial charge in [-0.05, 0) is 25.0 Å². The first kappa shape index (κ1) is 11.8. The van der Waals surface area contributed by atoms with Crippen molar-refractivity contribution >= 4 is 5.97 Å².